The van der Waals surface area contributed by atoms with Gasteiger partial charge in [-0.2, -0.15) is 11.8 Å². The SMILES string of the molecule is CCCCCCCCCCSC(CCCCCCCCC)C(C)OOC(OCCC)([PH+]=O)C(=O)OCc1ccccc1. The summed E-state index contributed by atoms with van der Waals surface area (Å²) in [5, 5.41) is 0.212. The molecule has 0 N–H and O–H groups in total. The molecule has 4 unspecified atom stereocenters. The fourth-order valence-electron chi connectivity index (χ4n) is 4.70. The summed E-state index contributed by atoms with van der Waals surface area (Å²) in [6.07, 6.45) is 20.6. The third-order valence-electron chi connectivity index (χ3n) is 7.39. The van der Waals surface area contributed by atoms with E-state index in [1.807, 2.05) is 55.9 Å². The Kier molecular flexibility index (Phi) is 24.6. The van der Waals surface area contributed by atoms with Crippen LogP contribution in [-0.2, 0) is 35.2 Å². The Morgan fingerprint density at radius 2 is 1.38 bits per heavy atom. The van der Waals surface area contributed by atoms with Crippen molar-refractivity contribution in [2.24, 2.45) is 0 Å². The molecular formula is C34H60O6PS+. The van der Waals surface area contributed by atoms with Gasteiger partial charge in [-0.05, 0) is 37.5 Å². The molecular weight excluding hydrogens is 567 g/mol. The van der Waals surface area contributed by atoms with Gasteiger partial charge in [-0.25, -0.2) is 9.68 Å². The third-order valence-corrected chi connectivity index (χ3v) is 9.66. The normalized spacial score (nSPS) is 14.5. The standard InChI is InChI=1S/C34H59O6PS/c1-5-8-10-12-14-16-18-23-28-42-32(26-22-17-15-13-11-9-6-2)30(4)39-40-34(41-36,38-27-7-3)33(35)37-29-31-24-20-19-21-25-31/h19-21,24-25,30,32H,5-18,22-23,26-29H2,1-4H3/p+1. The Hall–Kier alpha value is -0.980. The highest BCUT2D eigenvalue weighted by Crippen LogP contribution is 2.32. The minimum absolute atomic E-state index is 0.0373. The van der Waals surface area contributed by atoms with Gasteiger partial charge in [-0.3, -0.25) is 4.74 Å². The molecule has 0 aromatic heterocycles. The topological polar surface area (TPSA) is 71.1 Å². The molecule has 0 aliphatic rings. The average molecular weight is 628 g/mol. The minimum Gasteiger partial charge on any atom is -0.453 e. The van der Waals surface area contributed by atoms with Gasteiger partial charge in [-0.15, -0.1) is 4.89 Å². The molecule has 0 saturated heterocycles. The highest BCUT2D eigenvalue weighted by atomic mass is 32.2. The van der Waals surface area contributed by atoms with Crippen LogP contribution in [0.1, 0.15) is 142 Å². The van der Waals surface area contributed by atoms with E-state index < -0.39 is 20.0 Å². The lowest BCUT2D eigenvalue weighted by atomic mass is 10.1. The van der Waals surface area contributed by atoms with Gasteiger partial charge in [0.2, 0.25) is 0 Å². The van der Waals surface area contributed by atoms with E-state index in [0.29, 0.717) is 6.42 Å². The summed E-state index contributed by atoms with van der Waals surface area (Å²) < 4.78 is 23.5. The molecule has 6 nitrogen and oxygen atoms in total. The zero-order chi connectivity index (χ0) is 30.7. The predicted molar refractivity (Wildman–Crippen MR) is 177 cm³/mol. The van der Waals surface area contributed by atoms with E-state index in [-0.39, 0.29) is 24.6 Å². The highest BCUT2D eigenvalue weighted by Gasteiger charge is 2.55. The Labute approximate surface area is 262 Å². The first-order valence-electron chi connectivity index (χ1n) is 16.7. The molecule has 0 aliphatic heterocycles. The van der Waals surface area contributed by atoms with Crippen LogP contribution in [0, 0.1) is 0 Å². The first kappa shape index (κ1) is 39.0. The zero-order valence-corrected chi connectivity index (χ0v) is 28.9. The van der Waals surface area contributed by atoms with Crippen LogP contribution in [0.5, 0.6) is 0 Å². The highest BCUT2D eigenvalue weighted by molar-refractivity contribution is 7.99. The van der Waals surface area contributed by atoms with Crippen molar-refractivity contribution in [3.63, 3.8) is 0 Å². The summed E-state index contributed by atoms with van der Waals surface area (Å²) in [6.45, 7) is 8.62. The van der Waals surface area contributed by atoms with Crippen LogP contribution in [0.3, 0.4) is 0 Å². The van der Waals surface area contributed by atoms with E-state index in [4.69, 9.17) is 19.2 Å². The smallest absolute Gasteiger partial charge is 0.453 e. The molecule has 0 radical (unpaired) electrons. The maximum absolute atomic E-state index is 13.1. The second-order valence-corrected chi connectivity index (χ2v) is 13.5. The lowest BCUT2D eigenvalue weighted by Gasteiger charge is -2.25. The number of carbonyl (C=O) groups excluding carboxylic acids is 1. The van der Waals surface area contributed by atoms with Crippen molar-refractivity contribution >= 4 is 26.2 Å². The fourth-order valence-corrected chi connectivity index (χ4v) is 6.42. The minimum atomic E-state index is -2.09. The molecule has 1 aromatic rings. The van der Waals surface area contributed by atoms with Gasteiger partial charge in [0.1, 0.15) is 12.7 Å². The maximum atomic E-state index is 13.1. The van der Waals surface area contributed by atoms with Gasteiger partial charge in [0.05, 0.1) is 6.61 Å². The van der Waals surface area contributed by atoms with Crippen molar-refractivity contribution in [2.45, 2.75) is 160 Å². The fraction of sp³-hybridized carbons (Fsp3) is 0.794. The molecule has 4 atom stereocenters. The largest absolute Gasteiger partial charge is 0.497 e. The van der Waals surface area contributed by atoms with Crippen molar-refractivity contribution in [3.05, 3.63) is 35.9 Å². The second kappa shape index (κ2) is 26.4. The number of rotatable bonds is 29. The first-order valence-corrected chi connectivity index (χ1v) is 18.7. The molecule has 0 fully saturated rings. The quantitative estimate of drug-likeness (QED) is 0.0218. The Bertz CT molecular complexity index is 783. The zero-order valence-electron chi connectivity index (χ0n) is 27.0. The predicted octanol–water partition coefficient (Wildman–Crippen LogP) is 10.6. The van der Waals surface area contributed by atoms with Crippen molar-refractivity contribution < 1.29 is 28.6 Å². The van der Waals surface area contributed by atoms with Gasteiger partial charge in [-0.1, -0.05) is 146 Å². The van der Waals surface area contributed by atoms with Gasteiger partial charge in [0, 0.05) is 5.25 Å². The van der Waals surface area contributed by atoms with Crippen LogP contribution in [0.4, 0.5) is 0 Å². The molecule has 0 bridgehead atoms. The number of thioether (sulfide) groups is 1. The number of carbonyl (C=O) groups is 1. The molecule has 0 amide bonds. The molecule has 1 rings (SSSR count). The summed E-state index contributed by atoms with van der Waals surface area (Å²) in [5.74, 6) is 0.236. The van der Waals surface area contributed by atoms with Crippen molar-refractivity contribution in [1.82, 2.24) is 0 Å². The Morgan fingerprint density at radius 1 is 0.810 bits per heavy atom. The van der Waals surface area contributed by atoms with Crippen LogP contribution in [0.15, 0.2) is 30.3 Å². The molecule has 8 heteroatoms. The first-order chi connectivity index (χ1) is 20.5. The number of ether oxygens (including phenoxy) is 2. The van der Waals surface area contributed by atoms with E-state index in [0.717, 1.165) is 24.2 Å². The lowest BCUT2D eigenvalue weighted by molar-refractivity contribution is -0.403. The number of esters is 1. The molecule has 0 spiro atoms. The number of hydrogen-bond donors (Lipinski definition) is 0. The molecule has 0 saturated carbocycles. The molecule has 1 aromatic carbocycles. The van der Waals surface area contributed by atoms with Crippen LogP contribution in [-0.4, -0.2) is 35.2 Å². The van der Waals surface area contributed by atoms with E-state index in [2.05, 4.69) is 13.8 Å². The van der Waals surface area contributed by atoms with Crippen LogP contribution >= 0.6 is 20.2 Å². The van der Waals surface area contributed by atoms with E-state index in [1.165, 1.54) is 89.9 Å². The maximum Gasteiger partial charge on any atom is 0.497 e. The van der Waals surface area contributed by atoms with Crippen molar-refractivity contribution in [1.29, 1.82) is 0 Å². The molecule has 0 heterocycles. The third kappa shape index (κ3) is 18.0. The van der Waals surface area contributed by atoms with E-state index >= 15 is 0 Å². The summed E-state index contributed by atoms with van der Waals surface area (Å²) in [7, 11) is -1.23. The second-order valence-electron chi connectivity index (χ2n) is 11.3. The van der Waals surface area contributed by atoms with Gasteiger partial charge in [0.15, 0.2) is 0 Å². The van der Waals surface area contributed by atoms with Crippen LogP contribution < -0.4 is 0 Å². The summed E-state index contributed by atoms with van der Waals surface area (Å²) in [5.41, 5.74) is -1.27. The van der Waals surface area contributed by atoms with Gasteiger partial charge in [0.25, 0.3) is 0 Å². The Morgan fingerprint density at radius 3 is 1.95 bits per heavy atom. The summed E-state index contributed by atoms with van der Waals surface area (Å²) >= 11 is 1.93. The number of hydrogen-bond acceptors (Lipinski definition) is 7. The van der Waals surface area contributed by atoms with Crippen LogP contribution in [0.2, 0.25) is 0 Å². The summed E-state index contributed by atoms with van der Waals surface area (Å²) in [6, 6.07) is 9.36. The van der Waals surface area contributed by atoms with Gasteiger partial charge < -0.3 is 4.74 Å². The van der Waals surface area contributed by atoms with Crippen molar-refractivity contribution in [2.75, 3.05) is 12.4 Å². The number of unbranched alkanes of at least 4 members (excludes halogenated alkanes) is 13. The van der Waals surface area contributed by atoms with E-state index in [9.17, 15) is 9.36 Å². The Balaban J connectivity index is 2.69. The van der Waals surface area contributed by atoms with E-state index in [1.54, 1.807) is 0 Å². The molecule has 42 heavy (non-hydrogen) atoms. The summed E-state index contributed by atoms with van der Waals surface area (Å²) in [4.78, 5) is 24.5. The van der Waals surface area contributed by atoms with Gasteiger partial charge >= 0.3 is 20.0 Å². The van der Waals surface area contributed by atoms with Crippen LogP contribution in [0.25, 0.3) is 0 Å². The molecule has 0 aliphatic carbocycles. The molecule has 242 valence electrons. The lowest BCUT2D eigenvalue weighted by Crippen LogP contribution is -2.42. The van der Waals surface area contributed by atoms with Crippen molar-refractivity contribution in [3.8, 4) is 0 Å². The monoisotopic (exact) mass is 627 g/mol. The number of benzene rings is 1. The average Bonchev–Trinajstić information content (AvgIpc) is 3.02.